The second-order valence-electron chi connectivity index (χ2n) is 3.18. The van der Waals surface area contributed by atoms with E-state index >= 15 is 0 Å². The highest BCUT2D eigenvalue weighted by atomic mass is 35.7. The summed E-state index contributed by atoms with van der Waals surface area (Å²) < 4.78 is 40.7. The molecule has 17 heavy (non-hydrogen) atoms. The molecule has 0 radical (unpaired) electrons. The van der Waals surface area contributed by atoms with Crippen LogP contribution in [0.25, 0.3) is 6.08 Å². The highest BCUT2D eigenvalue weighted by Crippen LogP contribution is 2.29. The molecule has 1 heterocycles. The maximum atomic E-state index is 10.4. The van der Waals surface area contributed by atoms with Crippen LogP contribution in [-0.2, 0) is 3.74 Å². The summed E-state index contributed by atoms with van der Waals surface area (Å²) in [5, 5.41) is 3.10. The summed E-state index contributed by atoms with van der Waals surface area (Å²) >= 11 is 0. The average molecular weight is 277 g/mol. The van der Waals surface area contributed by atoms with Crippen LogP contribution in [0.5, 0.6) is 5.75 Å². The predicted molar refractivity (Wildman–Crippen MR) is 55.9 cm³/mol. The highest BCUT2D eigenvalue weighted by molar-refractivity contribution is 8.13. The van der Waals surface area contributed by atoms with E-state index in [1.54, 1.807) is 30.7 Å². The highest BCUT2D eigenvalue weighted by Gasteiger charge is 2.22. The van der Waals surface area contributed by atoms with E-state index in [2.05, 4.69) is 3.74 Å². The lowest BCUT2D eigenvalue weighted by Crippen LogP contribution is -2.60. The zero-order valence-electron chi connectivity index (χ0n) is 8.79. The molecule has 0 aliphatic carbocycles. The molecule has 1 aromatic rings. The molecule has 0 N–H and O–H groups in total. The van der Waals surface area contributed by atoms with Crippen molar-refractivity contribution >= 4 is 22.2 Å². The van der Waals surface area contributed by atoms with Crippen LogP contribution in [0, 0.1) is 10.2 Å². The van der Waals surface area contributed by atoms with Crippen LogP contribution in [0.2, 0.25) is 0 Å². The first-order valence-electron chi connectivity index (χ1n) is 4.52. The van der Waals surface area contributed by atoms with Crippen LogP contribution in [0.4, 0.5) is 0 Å². The second-order valence-corrected chi connectivity index (χ2v) is 5.61. The average Bonchev–Trinajstić information content (AvgIpc) is 2.26. The molecule has 0 saturated carbocycles. The number of hydrogen-bond donors (Lipinski definition) is 0. The molecular weight excluding hydrogens is 268 g/mol. The van der Waals surface area contributed by atoms with Crippen molar-refractivity contribution in [3.05, 3.63) is 34.7 Å². The van der Waals surface area contributed by atoms with Gasteiger partial charge in [-0.15, -0.1) is 0 Å². The smallest absolute Gasteiger partial charge is 0.140 e. The minimum atomic E-state index is -4.41. The van der Waals surface area contributed by atoms with E-state index in [1.807, 2.05) is 6.07 Å². The van der Waals surface area contributed by atoms with Gasteiger partial charge in [-0.05, 0) is 29.3 Å². The minimum absolute atomic E-state index is 0.707. The van der Waals surface area contributed by atoms with Crippen LogP contribution in [0.15, 0.2) is 23.6 Å². The molecule has 2 rings (SSSR count). The van der Waals surface area contributed by atoms with Crippen molar-refractivity contribution < 1.29 is 32.7 Å². The Morgan fingerprint density at radius 3 is 2.59 bits per heavy atom. The van der Waals surface area contributed by atoms with Gasteiger partial charge in [0.05, 0.1) is 17.4 Å². The van der Waals surface area contributed by atoms with E-state index in [9.17, 15) is 14.0 Å². The van der Waals surface area contributed by atoms with Gasteiger partial charge in [-0.2, -0.15) is 14.0 Å². The fraction of sp³-hybridized carbons (Fsp3) is 0.100. The van der Waals surface area contributed by atoms with Crippen molar-refractivity contribution in [1.29, 1.82) is 0 Å². The van der Waals surface area contributed by atoms with Gasteiger partial charge in [0.25, 0.3) is 0 Å². The normalized spacial score (nSPS) is 18.5. The number of rotatable bonds is 3. The quantitative estimate of drug-likeness (QED) is 0.656. The first-order valence-corrected chi connectivity index (χ1v) is 7.03. The van der Waals surface area contributed by atoms with Gasteiger partial charge in [-0.3, -0.25) is 0 Å². The van der Waals surface area contributed by atoms with Crippen molar-refractivity contribution in [3.8, 4) is 5.75 Å². The number of ether oxygens (including phenoxy) is 1. The molecule has 7 heteroatoms. The van der Waals surface area contributed by atoms with E-state index in [-0.39, 0.29) is 0 Å². The minimum Gasteiger partial charge on any atom is -0.497 e. The van der Waals surface area contributed by atoms with Gasteiger partial charge in [0.1, 0.15) is 20.3 Å². The summed E-state index contributed by atoms with van der Waals surface area (Å²) in [4.78, 5) is 0. The molecule has 5 nitrogen and oxygen atoms in total. The molecule has 1 aromatic carbocycles. The van der Waals surface area contributed by atoms with Crippen LogP contribution >= 0.6 is 10.8 Å². The van der Waals surface area contributed by atoms with E-state index < -0.39 is 21.0 Å². The summed E-state index contributed by atoms with van der Waals surface area (Å²) in [6.07, 6.45) is 1.70. The molecule has 0 saturated heterocycles. The molecule has 1 aliphatic heterocycles. The van der Waals surface area contributed by atoms with E-state index in [0.29, 0.717) is 5.75 Å². The Kier molecular flexibility index (Phi) is 3.53. The third-order valence-electron chi connectivity index (χ3n) is 2.07. The molecule has 0 fully saturated rings. The first-order chi connectivity index (χ1) is 7.98. The van der Waals surface area contributed by atoms with Crippen molar-refractivity contribution in [3.63, 3.8) is 0 Å². The van der Waals surface area contributed by atoms with Crippen LogP contribution in [0.1, 0.15) is 11.1 Å². The lowest BCUT2D eigenvalue weighted by Gasteiger charge is -2.14. The monoisotopic (exact) mass is 276 g/mol. The Balaban J connectivity index is 2.28. The van der Waals surface area contributed by atoms with Gasteiger partial charge in [0.2, 0.25) is 0 Å². The molecule has 0 bridgehead atoms. The van der Waals surface area contributed by atoms with Crippen molar-refractivity contribution in [2.45, 2.75) is 0 Å². The fourth-order valence-electron chi connectivity index (χ4n) is 1.36. The molecule has 92 valence electrons. The molecule has 0 amide bonds. The summed E-state index contributed by atoms with van der Waals surface area (Å²) in [5.41, 5.74) is 1.69. The zero-order chi connectivity index (χ0) is 12.5. The second kappa shape index (κ2) is 4.77. The number of fused-ring (bicyclic) bond motifs is 1. The van der Waals surface area contributed by atoms with Gasteiger partial charge < -0.3 is 4.74 Å². The Morgan fingerprint density at radius 2 is 1.94 bits per heavy atom. The Hall–Kier alpha value is -0.890. The van der Waals surface area contributed by atoms with Crippen LogP contribution in [-0.4, -0.2) is 12.5 Å². The maximum absolute atomic E-state index is 10.4. The van der Waals surface area contributed by atoms with Crippen LogP contribution in [0.3, 0.4) is 0 Å². The predicted octanol–water partition coefficient (Wildman–Crippen LogP) is -1.07. The summed E-state index contributed by atoms with van der Waals surface area (Å²) in [5.74, 6) is 0.707. The van der Waals surface area contributed by atoms with Gasteiger partial charge >= 0.3 is 0 Å². The van der Waals surface area contributed by atoms with Crippen molar-refractivity contribution in [1.82, 2.24) is 0 Å². The first kappa shape index (κ1) is 12.6. The Labute approximate surface area is 103 Å². The fourth-order valence-corrected chi connectivity index (χ4v) is 3.21. The number of hydrogen-bond acceptors (Lipinski definition) is 5. The maximum Gasteiger partial charge on any atom is 0.140 e. The standard InChI is InChI=1S/C10H9ClO5S/c1-15-10-3-2-9-7-17(16-11(12,13)14)5-4-8(9)6-10/h2-7H,1H3. The summed E-state index contributed by atoms with van der Waals surface area (Å²) in [7, 11) is -3.99. The van der Waals surface area contributed by atoms with Crippen molar-refractivity contribution in [2.75, 3.05) is 7.11 Å². The van der Waals surface area contributed by atoms with E-state index in [4.69, 9.17) is 4.74 Å². The third-order valence-corrected chi connectivity index (χ3v) is 4.16. The molecule has 1 unspecified atom stereocenters. The molecule has 0 aromatic heterocycles. The Bertz CT molecular complexity index is 492. The topological polar surface area (TPSA) is 87.6 Å². The van der Waals surface area contributed by atoms with E-state index in [0.717, 1.165) is 11.1 Å². The Morgan fingerprint density at radius 1 is 1.18 bits per heavy atom. The number of benzene rings is 1. The SMILES string of the molecule is COc1ccc2c(c1)C=CS(O[Cl+3]([O-])([O-])[O-])=C2. The lowest BCUT2D eigenvalue weighted by molar-refractivity contribution is -1.91. The molecule has 1 aliphatic rings. The zero-order valence-corrected chi connectivity index (χ0v) is 10.4. The molecule has 1 atom stereocenters. The van der Waals surface area contributed by atoms with E-state index in [1.165, 1.54) is 5.41 Å². The third kappa shape index (κ3) is 3.29. The van der Waals surface area contributed by atoms with Gasteiger partial charge in [0.15, 0.2) is 0 Å². The summed E-state index contributed by atoms with van der Waals surface area (Å²) in [6.45, 7) is 0. The van der Waals surface area contributed by atoms with Gasteiger partial charge in [0, 0.05) is 10.8 Å². The molecule has 0 spiro atoms. The largest absolute Gasteiger partial charge is 0.497 e. The van der Waals surface area contributed by atoms with Crippen molar-refractivity contribution in [2.24, 2.45) is 0 Å². The summed E-state index contributed by atoms with van der Waals surface area (Å²) in [6, 6.07) is 5.33. The van der Waals surface area contributed by atoms with Gasteiger partial charge in [-0.1, -0.05) is 6.07 Å². The van der Waals surface area contributed by atoms with Crippen LogP contribution < -0.4 is 18.7 Å². The molecular formula is C10H9ClO5S. The van der Waals surface area contributed by atoms with Gasteiger partial charge in [-0.25, -0.2) is 0 Å². The lowest BCUT2D eigenvalue weighted by atomic mass is 10.1. The number of halogens is 1. The number of methoxy groups -OCH3 is 1.